The molecule has 0 aliphatic heterocycles. The van der Waals surface area contributed by atoms with Gasteiger partial charge >= 0.3 is 5.97 Å². The van der Waals surface area contributed by atoms with Gasteiger partial charge in [-0.3, -0.25) is 14.2 Å². The summed E-state index contributed by atoms with van der Waals surface area (Å²) in [6, 6.07) is 10.8. The largest absolute Gasteiger partial charge is 0.627 e. The molecule has 1 aliphatic carbocycles. The average Bonchev–Trinajstić information content (AvgIpc) is 3.27. The SMILES string of the molecule is C[N+](C)([O-])C1=C=CC=C(Cn2cc(-c3ccc4c(=O)n(-c5ccc(F)cc5)c(CCCCC(=O)O)nc4c3)nn2)C=C1. The highest BCUT2D eigenvalue weighted by Gasteiger charge is 2.16. The Balaban J connectivity index is 1.44. The third kappa shape index (κ3) is 6.50. The van der Waals surface area contributed by atoms with Crippen LogP contribution in [0.4, 0.5) is 4.39 Å². The predicted octanol–water partition coefficient (Wildman–Crippen LogP) is 4.69. The number of allylic oxidation sites excluding steroid dienone is 4. The molecule has 10 nitrogen and oxygen atoms in total. The molecule has 0 saturated heterocycles. The number of unbranched alkanes of at least 4 members (excludes halogenated alkanes) is 1. The summed E-state index contributed by atoms with van der Waals surface area (Å²) in [6.45, 7) is 0.427. The van der Waals surface area contributed by atoms with E-state index >= 15 is 0 Å². The van der Waals surface area contributed by atoms with E-state index in [1.165, 1.54) is 42.9 Å². The van der Waals surface area contributed by atoms with Gasteiger partial charge in [-0.2, -0.15) is 0 Å². The number of carbonyl (C=O) groups is 1. The van der Waals surface area contributed by atoms with E-state index in [4.69, 9.17) is 10.1 Å². The van der Waals surface area contributed by atoms with E-state index in [2.05, 4.69) is 16.0 Å². The number of benzene rings is 2. The summed E-state index contributed by atoms with van der Waals surface area (Å²) in [5.74, 6) is -0.848. The van der Waals surface area contributed by atoms with Gasteiger partial charge in [0.15, 0.2) is 5.70 Å². The number of aryl methyl sites for hydroxylation is 1. The number of aromatic nitrogens is 5. The fraction of sp³-hybridized carbons (Fsp3) is 0.226. The molecule has 4 aromatic rings. The molecule has 0 bridgehead atoms. The average molecular weight is 569 g/mol. The fourth-order valence-electron chi connectivity index (χ4n) is 4.63. The first-order valence-electron chi connectivity index (χ1n) is 13.4. The van der Waals surface area contributed by atoms with Crippen molar-refractivity contribution < 1.29 is 18.9 Å². The summed E-state index contributed by atoms with van der Waals surface area (Å²) < 4.78 is 16.1. The Bertz CT molecular complexity index is 1840. The second-order valence-electron chi connectivity index (χ2n) is 10.4. The molecular weight excluding hydrogens is 539 g/mol. The van der Waals surface area contributed by atoms with E-state index in [0.717, 1.165) is 11.1 Å². The number of likely N-dealkylation sites (N-methyl/N-ethyl adjacent to an activating group) is 1. The topological polar surface area (TPSA) is 126 Å². The Morgan fingerprint density at radius 1 is 1.12 bits per heavy atom. The quantitative estimate of drug-likeness (QED) is 0.127. The van der Waals surface area contributed by atoms with Gasteiger partial charge in [0.05, 0.1) is 43.4 Å². The van der Waals surface area contributed by atoms with Gasteiger partial charge in [-0.1, -0.05) is 23.1 Å². The van der Waals surface area contributed by atoms with Gasteiger partial charge in [-0.25, -0.2) is 14.1 Å². The maximum Gasteiger partial charge on any atom is 0.303 e. The summed E-state index contributed by atoms with van der Waals surface area (Å²) in [7, 11) is 3.07. The number of halogens is 1. The van der Waals surface area contributed by atoms with E-state index in [0.29, 0.717) is 59.6 Å². The molecule has 0 amide bonds. The standard InChI is InChI=1S/C31H29FN6O4/c1-38(2,42)25-7-5-6-21(10-16-25)19-36-20-28(34-35-36)22-11-17-26-27(18-22)33-29(8-3-4-9-30(39)40)37(31(26)41)24-14-12-23(32)13-15-24/h5-6,10-18,20H,3-4,8-9,19H2,1-2H3,(H,39,40). The molecule has 0 atom stereocenters. The number of carboxylic acid groups (broad SMARTS) is 1. The van der Waals surface area contributed by atoms with E-state index in [1.54, 1.807) is 41.2 Å². The first kappa shape index (κ1) is 28.6. The highest BCUT2D eigenvalue weighted by Crippen LogP contribution is 2.23. The zero-order valence-corrected chi connectivity index (χ0v) is 23.2. The minimum atomic E-state index is -0.884. The van der Waals surface area contributed by atoms with Crippen LogP contribution < -0.4 is 5.56 Å². The summed E-state index contributed by atoms with van der Waals surface area (Å²) in [5, 5.41) is 30.2. The Labute approximate surface area is 240 Å². The normalized spacial score (nSPS) is 13.2. The van der Waals surface area contributed by atoms with Crippen molar-refractivity contribution in [2.24, 2.45) is 0 Å². The molecule has 1 aliphatic rings. The van der Waals surface area contributed by atoms with E-state index in [-0.39, 0.29) is 12.0 Å². The van der Waals surface area contributed by atoms with E-state index in [9.17, 15) is 19.2 Å². The Morgan fingerprint density at radius 2 is 1.90 bits per heavy atom. The van der Waals surface area contributed by atoms with E-state index in [1.807, 2.05) is 12.2 Å². The van der Waals surface area contributed by atoms with Gasteiger partial charge in [0.25, 0.3) is 5.56 Å². The van der Waals surface area contributed by atoms with Crippen LogP contribution in [-0.2, 0) is 17.8 Å². The molecule has 0 saturated carbocycles. The molecular formula is C31H29FN6O4. The molecule has 42 heavy (non-hydrogen) atoms. The van der Waals surface area contributed by atoms with Crippen molar-refractivity contribution in [3.05, 3.63) is 117 Å². The molecule has 2 aromatic carbocycles. The lowest BCUT2D eigenvalue weighted by Gasteiger charge is -2.32. The van der Waals surface area contributed by atoms with Crippen LogP contribution in [0.1, 0.15) is 25.1 Å². The highest BCUT2D eigenvalue weighted by atomic mass is 19.1. The molecule has 0 unspecified atom stereocenters. The van der Waals surface area contributed by atoms with Crippen molar-refractivity contribution in [3.63, 3.8) is 0 Å². The molecule has 214 valence electrons. The molecule has 1 N–H and O–H groups in total. The van der Waals surface area contributed by atoms with Crippen LogP contribution in [0, 0.1) is 11.0 Å². The molecule has 2 aromatic heterocycles. The number of hydrogen-bond donors (Lipinski definition) is 1. The van der Waals surface area contributed by atoms with Crippen molar-refractivity contribution in [3.8, 4) is 16.9 Å². The summed E-state index contributed by atoms with van der Waals surface area (Å²) in [6.07, 6.45) is 10.3. The number of carboxylic acids is 1. The van der Waals surface area contributed by atoms with Crippen LogP contribution in [0.15, 0.2) is 94.8 Å². The van der Waals surface area contributed by atoms with Gasteiger partial charge in [0.2, 0.25) is 0 Å². The van der Waals surface area contributed by atoms with Crippen molar-refractivity contribution in [2.75, 3.05) is 14.1 Å². The van der Waals surface area contributed by atoms with Gasteiger partial charge in [-0.05, 0) is 67.0 Å². The highest BCUT2D eigenvalue weighted by molar-refractivity contribution is 5.83. The maximum absolute atomic E-state index is 13.6. The zero-order chi connectivity index (χ0) is 29.9. The molecule has 0 radical (unpaired) electrons. The monoisotopic (exact) mass is 568 g/mol. The first-order valence-corrected chi connectivity index (χ1v) is 13.4. The summed E-state index contributed by atoms with van der Waals surface area (Å²) in [4.78, 5) is 29.4. The van der Waals surface area contributed by atoms with Crippen molar-refractivity contribution >= 4 is 16.9 Å². The maximum atomic E-state index is 13.6. The number of rotatable bonds is 10. The smallest absolute Gasteiger partial charge is 0.303 e. The van der Waals surface area contributed by atoms with Gasteiger partial charge in [-0.15, -0.1) is 5.10 Å². The molecule has 11 heteroatoms. The van der Waals surface area contributed by atoms with Crippen LogP contribution in [-0.4, -0.2) is 54.4 Å². The third-order valence-electron chi connectivity index (χ3n) is 6.81. The van der Waals surface area contributed by atoms with Crippen LogP contribution in [0.2, 0.25) is 0 Å². The van der Waals surface area contributed by atoms with Crippen LogP contribution in [0.3, 0.4) is 0 Å². The van der Waals surface area contributed by atoms with Crippen molar-refractivity contribution in [1.29, 1.82) is 0 Å². The third-order valence-corrected chi connectivity index (χ3v) is 6.81. The van der Waals surface area contributed by atoms with E-state index < -0.39 is 16.4 Å². The van der Waals surface area contributed by atoms with Crippen molar-refractivity contribution in [1.82, 2.24) is 24.5 Å². The summed E-state index contributed by atoms with van der Waals surface area (Å²) >= 11 is 0. The molecule has 0 fully saturated rings. The van der Waals surface area contributed by atoms with Crippen molar-refractivity contribution in [2.45, 2.75) is 32.2 Å². The minimum absolute atomic E-state index is 0.0185. The second kappa shape index (κ2) is 11.9. The zero-order valence-electron chi connectivity index (χ0n) is 23.2. The lowest BCUT2D eigenvalue weighted by atomic mass is 10.1. The summed E-state index contributed by atoms with van der Waals surface area (Å²) in [5.41, 5.74) is 6.37. The number of quaternary nitrogens is 1. The van der Waals surface area contributed by atoms with Gasteiger partial charge in [0, 0.05) is 24.5 Å². The second-order valence-corrected chi connectivity index (χ2v) is 10.4. The molecule has 2 heterocycles. The Hall–Kier alpha value is -4.96. The van der Waals surface area contributed by atoms with Gasteiger partial charge in [0.1, 0.15) is 17.3 Å². The number of hydrogen-bond acceptors (Lipinski definition) is 6. The van der Waals surface area contributed by atoms with Gasteiger partial charge < -0.3 is 15.0 Å². The lowest BCUT2D eigenvalue weighted by Crippen LogP contribution is -2.29. The van der Waals surface area contributed by atoms with Crippen LogP contribution in [0.5, 0.6) is 0 Å². The molecule has 0 spiro atoms. The predicted molar refractivity (Wildman–Crippen MR) is 156 cm³/mol. The van der Waals surface area contributed by atoms with Crippen LogP contribution >= 0.6 is 0 Å². The number of hydroxylamine groups is 3. The Morgan fingerprint density at radius 3 is 2.64 bits per heavy atom. The lowest BCUT2D eigenvalue weighted by molar-refractivity contribution is -0.796. The number of fused-ring (bicyclic) bond motifs is 1. The Kier molecular flexibility index (Phi) is 8.08. The number of aliphatic carboxylic acids is 1. The first-order chi connectivity index (χ1) is 20.1. The van der Waals surface area contributed by atoms with Crippen LogP contribution in [0.25, 0.3) is 27.8 Å². The minimum Gasteiger partial charge on any atom is -0.627 e. The molecule has 5 rings (SSSR count). The fourth-order valence-corrected chi connectivity index (χ4v) is 4.63. The number of nitrogens with zero attached hydrogens (tertiary/aromatic N) is 6.